The van der Waals surface area contributed by atoms with Gasteiger partial charge in [0.15, 0.2) is 9.84 Å². The summed E-state index contributed by atoms with van der Waals surface area (Å²) in [5, 5.41) is 2.82. The Hall–Kier alpha value is -0.600. The SMILES string of the molecule is CCS(=O)(=O)CCn1[nH]c(COC)c(Br)c1=O. The minimum atomic E-state index is -3.08. The van der Waals surface area contributed by atoms with Crippen molar-refractivity contribution in [3.8, 4) is 0 Å². The fourth-order valence-corrected chi connectivity index (χ4v) is 2.45. The van der Waals surface area contributed by atoms with Crippen LogP contribution in [0.2, 0.25) is 0 Å². The Kier molecular flexibility index (Phi) is 4.96. The molecule has 17 heavy (non-hydrogen) atoms. The number of aryl methyl sites for hydroxylation is 1. The highest BCUT2D eigenvalue weighted by Gasteiger charge is 2.13. The number of aromatic nitrogens is 2. The van der Waals surface area contributed by atoms with E-state index in [4.69, 9.17) is 4.74 Å². The van der Waals surface area contributed by atoms with Gasteiger partial charge in [-0.05, 0) is 15.9 Å². The van der Waals surface area contributed by atoms with Gasteiger partial charge in [0.2, 0.25) is 0 Å². The summed E-state index contributed by atoms with van der Waals surface area (Å²) >= 11 is 3.15. The number of nitrogens with one attached hydrogen (secondary N) is 1. The molecule has 1 heterocycles. The van der Waals surface area contributed by atoms with Crippen LogP contribution in [0.5, 0.6) is 0 Å². The Morgan fingerprint density at radius 2 is 2.12 bits per heavy atom. The van der Waals surface area contributed by atoms with Crippen LogP contribution in [-0.2, 0) is 27.7 Å². The zero-order valence-corrected chi connectivity index (χ0v) is 12.1. The molecule has 0 fully saturated rings. The van der Waals surface area contributed by atoms with Gasteiger partial charge in [0, 0.05) is 12.9 Å². The van der Waals surface area contributed by atoms with E-state index in [2.05, 4.69) is 21.0 Å². The van der Waals surface area contributed by atoms with E-state index in [0.29, 0.717) is 10.2 Å². The molecule has 0 amide bonds. The topological polar surface area (TPSA) is 81.2 Å². The Balaban J connectivity index is 2.86. The molecule has 0 unspecified atom stereocenters. The second kappa shape index (κ2) is 5.83. The zero-order chi connectivity index (χ0) is 13.1. The molecule has 0 bridgehead atoms. The van der Waals surface area contributed by atoms with Crippen LogP contribution in [0, 0.1) is 0 Å². The van der Waals surface area contributed by atoms with Crippen molar-refractivity contribution >= 4 is 25.8 Å². The third kappa shape index (κ3) is 3.68. The van der Waals surface area contributed by atoms with Crippen LogP contribution in [-0.4, -0.2) is 36.8 Å². The van der Waals surface area contributed by atoms with Crippen molar-refractivity contribution in [2.75, 3.05) is 18.6 Å². The molecule has 0 saturated heterocycles. The highest BCUT2D eigenvalue weighted by Crippen LogP contribution is 2.10. The van der Waals surface area contributed by atoms with Crippen molar-refractivity contribution in [2.45, 2.75) is 20.1 Å². The van der Waals surface area contributed by atoms with Gasteiger partial charge in [0.25, 0.3) is 5.56 Å². The maximum Gasteiger partial charge on any atom is 0.281 e. The van der Waals surface area contributed by atoms with Crippen LogP contribution in [0.1, 0.15) is 12.6 Å². The third-order valence-corrected chi connectivity index (χ3v) is 4.82. The molecule has 0 saturated carbocycles. The van der Waals surface area contributed by atoms with E-state index in [9.17, 15) is 13.2 Å². The quantitative estimate of drug-likeness (QED) is 0.826. The normalized spacial score (nSPS) is 11.9. The van der Waals surface area contributed by atoms with Crippen LogP contribution < -0.4 is 5.56 Å². The first kappa shape index (κ1) is 14.5. The minimum Gasteiger partial charge on any atom is -0.378 e. The number of hydrogen-bond donors (Lipinski definition) is 1. The molecule has 0 spiro atoms. The average molecular weight is 327 g/mol. The molecule has 1 aromatic heterocycles. The van der Waals surface area contributed by atoms with Crippen LogP contribution >= 0.6 is 15.9 Å². The molecule has 1 aromatic rings. The minimum absolute atomic E-state index is 0.0528. The van der Waals surface area contributed by atoms with Gasteiger partial charge in [-0.15, -0.1) is 0 Å². The lowest BCUT2D eigenvalue weighted by atomic mass is 10.5. The van der Waals surface area contributed by atoms with Gasteiger partial charge < -0.3 is 4.74 Å². The second-order valence-corrected chi connectivity index (χ2v) is 6.80. The molecule has 98 valence electrons. The summed E-state index contributed by atoms with van der Waals surface area (Å²) in [6.45, 7) is 1.97. The van der Waals surface area contributed by atoms with Crippen molar-refractivity contribution in [1.82, 2.24) is 9.78 Å². The predicted octanol–water partition coefficient (Wildman–Crippen LogP) is 0.520. The second-order valence-electron chi connectivity index (χ2n) is 3.53. The zero-order valence-electron chi connectivity index (χ0n) is 9.69. The molecule has 8 heteroatoms. The van der Waals surface area contributed by atoms with Crippen molar-refractivity contribution < 1.29 is 13.2 Å². The van der Waals surface area contributed by atoms with E-state index < -0.39 is 9.84 Å². The Bertz CT molecular complexity index is 532. The monoisotopic (exact) mass is 326 g/mol. The number of ether oxygens (including phenoxy) is 1. The average Bonchev–Trinajstić information content (AvgIpc) is 2.55. The van der Waals surface area contributed by atoms with Crippen LogP contribution in [0.15, 0.2) is 9.27 Å². The van der Waals surface area contributed by atoms with Gasteiger partial charge in [-0.1, -0.05) is 6.92 Å². The van der Waals surface area contributed by atoms with Crippen LogP contribution in [0.4, 0.5) is 0 Å². The van der Waals surface area contributed by atoms with Gasteiger partial charge in [-0.25, -0.2) is 8.42 Å². The fraction of sp³-hybridized carbons (Fsp3) is 0.667. The third-order valence-electron chi connectivity index (χ3n) is 2.32. The molecule has 6 nitrogen and oxygen atoms in total. The lowest BCUT2D eigenvalue weighted by Gasteiger charge is -2.02. The predicted molar refractivity (Wildman–Crippen MR) is 67.8 cm³/mol. The van der Waals surface area contributed by atoms with Gasteiger partial charge >= 0.3 is 0 Å². The van der Waals surface area contributed by atoms with Crippen LogP contribution in [0.25, 0.3) is 0 Å². The van der Waals surface area contributed by atoms with E-state index >= 15 is 0 Å². The number of H-pyrrole nitrogens is 1. The fourth-order valence-electron chi connectivity index (χ4n) is 1.28. The maximum atomic E-state index is 11.7. The van der Waals surface area contributed by atoms with E-state index in [-0.39, 0.29) is 30.2 Å². The molecule has 0 atom stereocenters. The molecule has 1 N–H and O–H groups in total. The van der Waals surface area contributed by atoms with Crippen molar-refractivity contribution in [1.29, 1.82) is 0 Å². The number of sulfone groups is 1. The molecular formula is C9H15BrN2O4S. The maximum absolute atomic E-state index is 11.7. The Labute approximate surface area is 108 Å². The lowest BCUT2D eigenvalue weighted by molar-refractivity contribution is 0.180. The number of rotatable bonds is 6. The molecule has 0 aliphatic heterocycles. The van der Waals surface area contributed by atoms with Gasteiger partial charge in [-0.2, -0.15) is 0 Å². The van der Waals surface area contributed by atoms with Gasteiger partial charge in [0.1, 0.15) is 4.47 Å². The van der Waals surface area contributed by atoms with E-state index in [1.54, 1.807) is 6.92 Å². The lowest BCUT2D eigenvalue weighted by Crippen LogP contribution is -2.23. The molecular weight excluding hydrogens is 312 g/mol. The smallest absolute Gasteiger partial charge is 0.281 e. The largest absolute Gasteiger partial charge is 0.378 e. The van der Waals surface area contributed by atoms with Crippen molar-refractivity contribution in [3.63, 3.8) is 0 Å². The summed E-state index contributed by atoms with van der Waals surface area (Å²) in [6.07, 6.45) is 0. The molecule has 0 aliphatic carbocycles. The standard InChI is InChI=1S/C9H15BrN2O4S/c1-3-17(14,15)5-4-12-9(13)8(10)7(11-12)6-16-2/h11H,3-6H2,1-2H3. The molecule has 1 rings (SSSR count). The van der Waals surface area contributed by atoms with Gasteiger partial charge in [-0.3, -0.25) is 14.6 Å². The summed E-state index contributed by atoms with van der Waals surface area (Å²) in [5.41, 5.74) is 0.328. The number of nitrogens with zero attached hydrogens (tertiary/aromatic N) is 1. The molecule has 0 aromatic carbocycles. The summed E-state index contributed by atoms with van der Waals surface area (Å²) < 4.78 is 29.2. The van der Waals surface area contributed by atoms with E-state index in [1.165, 1.54) is 11.8 Å². The van der Waals surface area contributed by atoms with E-state index in [0.717, 1.165) is 0 Å². The highest BCUT2D eigenvalue weighted by molar-refractivity contribution is 9.10. The summed E-state index contributed by atoms with van der Waals surface area (Å²) in [4.78, 5) is 11.7. The first-order chi connectivity index (χ1) is 7.91. The first-order valence-electron chi connectivity index (χ1n) is 5.07. The molecule has 0 aliphatic rings. The Morgan fingerprint density at radius 3 is 2.65 bits per heavy atom. The number of halogens is 1. The highest BCUT2D eigenvalue weighted by atomic mass is 79.9. The number of methoxy groups -OCH3 is 1. The van der Waals surface area contributed by atoms with Crippen molar-refractivity contribution in [2.24, 2.45) is 0 Å². The molecule has 0 radical (unpaired) electrons. The summed E-state index contributed by atoms with van der Waals surface area (Å²) in [5.74, 6) is 0.0251. The number of hydrogen-bond acceptors (Lipinski definition) is 4. The Morgan fingerprint density at radius 1 is 1.47 bits per heavy atom. The van der Waals surface area contributed by atoms with Crippen LogP contribution in [0.3, 0.4) is 0 Å². The first-order valence-corrected chi connectivity index (χ1v) is 7.69. The van der Waals surface area contributed by atoms with E-state index in [1.807, 2.05) is 0 Å². The summed E-state index contributed by atoms with van der Waals surface area (Å²) in [6, 6.07) is 0. The van der Waals surface area contributed by atoms with Crippen molar-refractivity contribution in [3.05, 3.63) is 20.5 Å². The van der Waals surface area contributed by atoms with Gasteiger partial charge in [0.05, 0.1) is 24.6 Å². The number of aromatic amines is 1. The summed E-state index contributed by atoms with van der Waals surface area (Å²) in [7, 11) is -1.56.